The summed E-state index contributed by atoms with van der Waals surface area (Å²) in [6.07, 6.45) is -3.34. The van der Waals surface area contributed by atoms with Crippen molar-refractivity contribution in [2.45, 2.75) is 26.1 Å². The maximum absolute atomic E-state index is 12.4. The summed E-state index contributed by atoms with van der Waals surface area (Å²) >= 11 is 0. The first-order chi connectivity index (χ1) is 11.4. The second kappa shape index (κ2) is 8.37. The molecule has 1 fully saturated rings. The van der Waals surface area contributed by atoms with Gasteiger partial charge in [-0.2, -0.15) is 13.2 Å². The Morgan fingerprint density at radius 3 is 2.71 bits per heavy atom. The fraction of sp³-hybridized carbons (Fsp3) is 0.588. The van der Waals surface area contributed by atoms with Crippen molar-refractivity contribution in [3.05, 3.63) is 35.4 Å². The first kappa shape index (κ1) is 18.6. The minimum atomic E-state index is -4.12. The number of rotatable bonds is 5. The number of benzene rings is 1. The molecule has 1 aromatic rings. The van der Waals surface area contributed by atoms with E-state index in [0.717, 1.165) is 6.42 Å². The van der Waals surface area contributed by atoms with E-state index < -0.39 is 12.7 Å². The van der Waals surface area contributed by atoms with Gasteiger partial charge in [0.25, 0.3) is 0 Å². The lowest BCUT2D eigenvalue weighted by Crippen LogP contribution is -2.40. The highest BCUT2D eigenvalue weighted by atomic mass is 19.4. The van der Waals surface area contributed by atoms with Crippen molar-refractivity contribution in [3.63, 3.8) is 0 Å². The molecular weight excluding hydrogens is 317 g/mol. The Morgan fingerprint density at radius 1 is 1.29 bits per heavy atom. The summed E-state index contributed by atoms with van der Waals surface area (Å²) in [7, 11) is 1.69. The molecule has 1 atom stereocenters. The van der Waals surface area contributed by atoms with Crippen LogP contribution < -0.4 is 10.6 Å². The van der Waals surface area contributed by atoms with Crippen LogP contribution in [0.4, 0.5) is 13.2 Å². The van der Waals surface area contributed by atoms with Crippen molar-refractivity contribution in [1.29, 1.82) is 0 Å². The first-order valence-corrected chi connectivity index (χ1v) is 8.15. The molecule has 0 aliphatic carbocycles. The van der Waals surface area contributed by atoms with Gasteiger partial charge in [-0.1, -0.05) is 24.3 Å². The van der Waals surface area contributed by atoms with Gasteiger partial charge in [0.05, 0.1) is 6.54 Å². The third-order valence-corrected chi connectivity index (χ3v) is 4.26. The van der Waals surface area contributed by atoms with E-state index >= 15 is 0 Å². The van der Waals surface area contributed by atoms with Crippen LogP contribution in [0, 0.1) is 12.8 Å². The molecule has 0 radical (unpaired) electrons. The minimum absolute atomic E-state index is 0.212. The molecule has 1 saturated heterocycles. The fourth-order valence-corrected chi connectivity index (χ4v) is 2.93. The normalized spacial score (nSPS) is 19.5. The lowest BCUT2D eigenvalue weighted by atomic mass is 10.1. The Balaban J connectivity index is 1.73. The van der Waals surface area contributed by atoms with Crippen LogP contribution in [0.1, 0.15) is 17.5 Å². The second-order valence-corrected chi connectivity index (χ2v) is 6.24. The molecule has 1 heterocycles. The molecule has 1 aliphatic heterocycles. The molecule has 4 nitrogen and oxygen atoms in total. The zero-order chi connectivity index (χ0) is 17.6. The number of aliphatic imine (C=N–C) groups is 1. The molecule has 1 unspecified atom stereocenters. The van der Waals surface area contributed by atoms with Crippen LogP contribution in [0.2, 0.25) is 0 Å². The Labute approximate surface area is 141 Å². The number of nitrogens with zero attached hydrogens (tertiary/aromatic N) is 2. The molecule has 134 valence electrons. The number of guanidine groups is 1. The van der Waals surface area contributed by atoms with Gasteiger partial charge in [0.1, 0.15) is 0 Å². The Hall–Kier alpha value is -1.76. The molecular formula is C17H25F3N4. The second-order valence-electron chi connectivity index (χ2n) is 6.24. The van der Waals surface area contributed by atoms with Crippen molar-refractivity contribution < 1.29 is 13.2 Å². The van der Waals surface area contributed by atoms with Gasteiger partial charge in [-0.3, -0.25) is 9.89 Å². The lowest BCUT2D eigenvalue weighted by molar-refractivity contribution is -0.143. The van der Waals surface area contributed by atoms with Crippen LogP contribution in [0.15, 0.2) is 29.3 Å². The van der Waals surface area contributed by atoms with E-state index in [-0.39, 0.29) is 5.92 Å². The average molecular weight is 342 g/mol. The van der Waals surface area contributed by atoms with E-state index in [2.05, 4.69) is 34.7 Å². The van der Waals surface area contributed by atoms with E-state index in [1.807, 2.05) is 12.1 Å². The summed E-state index contributed by atoms with van der Waals surface area (Å²) in [6, 6.07) is 8.11. The highest BCUT2D eigenvalue weighted by molar-refractivity contribution is 5.79. The van der Waals surface area contributed by atoms with Gasteiger partial charge in [-0.15, -0.1) is 0 Å². The molecule has 2 rings (SSSR count). The molecule has 0 aromatic heterocycles. The summed E-state index contributed by atoms with van der Waals surface area (Å²) in [5.41, 5.74) is 2.40. The van der Waals surface area contributed by atoms with Crippen molar-refractivity contribution in [3.8, 4) is 0 Å². The maximum Gasteiger partial charge on any atom is 0.401 e. The molecule has 0 bridgehead atoms. The molecule has 0 amide bonds. The standard InChI is InChI=1S/C17H25F3N4/c1-13-5-3-4-6-15(13)10-23-16(21-2)22-9-14-7-8-24(11-14)12-17(18,19)20/h3-6,14H,7-12H2,1-2H3,(H2,21,22,23). The Bertz CT molecular complexity index is 557. The monoisotopic (exact) mass is 342 g/mol. The summed E-state index contributed by atoms with van der Waals surface area (Å²) < 4.78 is 37.2. The van der Waals surface area contributed by atoms with Crippen LogP contribution in [0.5, 0.6) is 0 Å². The summed E-state index contributed by atoms with van der Waals surface area (Å²) in [5, 5.41) is 6.46. The van der Waals surface area contributed by atoms with Gasteiger partial charge in [0.2, 0.25) is 0 Å². The van der Waals surface area contributed by atoms with E-state index in [4.69, 9.17) is 0 Å². The van der Waals surface area contributed by atoms with Crippen molar-refractivity contribution in [2.24, 2.45) is 10.9 Å². The van der Waals surface area contributed by atoms with E-state index in [1.165, 1.54) is 16.0 Å². The van der Waals surface area contributed by atoms with Crippen LogP contribution in [-0.4, -0.2) is 50.3 Å². The highest BCUT2D eigenvalue weighted by Gasteiger charge is 2.34. The van der Waals surface area contributed by atoms with Gasteiger partial charge < -0.3 is 10.6 Å². The van der Waals surface area contributed by atoms with Crippen LogP contribution in [0.3, 0.4) is 0 Å². The quantitative estimate of drug-likeness (QED) is 0.638. The largest absolute Gasteiger partial charge is 0.401 e. The molecule has 0 saturated carbocycles. The number of hydrogen-bond acceptors (Lipinski definition) is 2. The molecule has 0 spiro atoms. The minimum Gasteiger partial charge on any atom is -0.356 e. The molecule has 1 aliphatic rings. The van der Waals surface area contributed by atoms with Gasteiger partial charge in [-0.25, -0.2) is 0 Å². The lowest BCUT2D eigenvalue weighted by Gasteiger charge is -2.19. The van der Waals surface area contributed by atoms with Crippen LogP contribution >= 0.6 is 0 Å². The third-order valence-electron chi connectivity index (χ3n) is 4.26. The summed E-state index contributed by atoms with van der Waals surface area (Å²) in [5.74, 6) is 0.886. The third kappa shape index (κ3) is 6.03. The van der Waals surface area contributed by atoms with Crippen LogP contribution in [0.25, 0.3) is 0 Å². The Morgan fingerprint density at radius 2 is 2.04 bits per heavy atom. The van der Waals surface area contributed by atoms with Crippen LogP contribution in [-0.2, 0) is 6.54 Å². The summed E-state index contributed by atoms with van der Waals surface area (Å²) in [4.78, 5) is 5.64. The van der Waals surface area contributed by atoms with Crippen molar-refractivity contribution in [1.82, 2.24) is 15.5 Å². The fourth-order valence-electron chi connectivity index (χ4n) is 2.93. The number of hydrogen-bond donors (Lipinski definition) is 2. The van der Waals surface area contributed by atoms with Crippen molar-refractivity contribution in [2.75, 3.05) is 33.2 Å². The number of nitrogens with one attached hydrogen (secondary N) is 2. The zero-order valence-electron chi connectivity index (χ0n) is 14.2. The SMILES string of the molecule is CN=C(NCc1ccccc1C)NCC1CCN(CC(F)(F)F)C1. The van der Waals surface area contributed by atoms with Crippen molar-refractivity contribution >= 4 is 5.96 Å². The Kier molecular flexibility index (Phi) is 6.48. The van der Waals surface area contributed by atoms with Gasteiger partial charge in [0.15, 0.2) is 5.96 Å². The van der Waals surface area contributed by atoms with E-state index in [0.29, 0.717) is 32.1 Å². The maximum atomic E-state index is 12.4. The smallest absolute Gasteiger partial charge is 0.356 e. The van der Waals surface area contributed by atoms with E-state index in [1.54, 1.807) is 7.05 Å². The summed E-state index contributed by atoms with van der Waals surface area (Å²) in [6.45, 7) is 3.51. The molecule has 1 aromatic carbocycles. The number of halogens is 3. The number of alkyl halides is 3. The topological polar surface area (TPSA) is 39.7 Å². The van der Waals surface area contributed by atoms with Gasteiger partial charge >= 0.3 is 6.18 Å². The van der Waals surface area contributed by atoms with Gasteiger partial charge in [0, 0.05) is 26.7 Å². The number of likely N-dealkylation sites (tertiary alicyclic amines) is 1. The zero-order valence-corrected chi connectivity index (χ0v) is 14.2. The molecule has 24 heavy (non-hydrogen) atoms. The van der Waals surface area contributed by atoms with E-state index in [9.17, 15) is 13.2 Å². The number of aryl methyl sites for hydroxylation is 1. The molecule has 2 N–H and O–H groups in total. The first-order valence-electron chi connectivity index (χ1n) is 8.15. The predicted molar refractivity (Wildman–Crippen MR) is 90.0 cm³/mol. The average Bonchev–Trinajstić information content (AvgIpc) is 2.94. The predicted octanol–water partition coefficient (Wildman–Crippen LogP) is 2.54. The molecule has 7 heteroatoms. The highest BCUT2D eigenvalue weighted by Crippen LogP contribution is 2.22. The van der Waals surface area contributed by atoms with Gasteiger partial charge in [-0.05, 0) is 36.9 Å².